The zero-order valence-electron chi connectivity index (χ0n) is 16.6. The maximum Gasteiger partial charge on any atom is 0.322 e. The predicted octanol–water partition coefficient (Wildman–Crippen LogP) is 5.45. The van der Waals surface area contributed by atoms with E-state index in [2.05, 4.69) is 9.88 Å². The van der Waals surface area contributed by atoms with Crippen molar-refractivity contribution in [2.75, 3.05) is 26.1 Å². The number of rotatable bonds is 4. The Bertz CT molecular complexity index is 1080. The molecule has 2 amide bonds. The van der Waals surface area contributed by atoms with Gasteiger partial charge >= 0.3 is 6.03 Å². The van der Waals surface area contributed by atoms with Gasteiger partial charge in [0.25, 0.3) is 0 Å². The summed E-state index contributed by atoms with van der Waals surface area (Å²) in [5.41, 5.74) is 2.54. The maximum absolute atomic E-state index is 13.2. The van der Waals surface area contributed by atoms with Crippen molar-refractivity contribution >= 4 is 34.9 Å². The first-order valence-electron chi connectivity index (χ1n) is 9.41. The molecule has 1 aliphatic rings. The summed E-state index contributed by atoms with van der Waals surface area (Å²) in [6, 6.07) is 14.3. The van der Waals surface area contributed by atoms with E-state index < -0.39 is 0 Å². The van der Waals surface area contributed by atoms with Crippen LogP contribution in [0.4, 0.5) is 10.5 Å². The highest BCUT2D eigenvalue weighted by Crippen LogP contribution is 2.37. The normalized spacial score (nSPS) is 15.5. The van der Waals surface area contributed by atoms with E-state index in [1.54, 1.807) is 37.3 Å². The number of carbonyl (C=O) groups excluding carboxylic acids is 1. The first-order valence-corrected chi connectivity index (χ1v) is 10.2. The molecule has 8 heteroatoms. The minimum atomic E-state index is -0.281. The summed E-state index contributed by atoms with van der Waals surface area (Å²) < 4.78 is 13.0. The van der Waals surface area contributed by atoms with Crippen LogP contribution in [0.15, 0.2) is 54.7 Å². The lowest BCUT2D eigenvalue weighted by atomic mass is 9.99. The molecule has 0 radical (unpaired) electrons. The largest absolute Gasteiger partial charge is 0.493 e. The third kappa shape index (κ3) is 3.80. The van der Waals surface area contributed by atoms with Gasteiger partial charge in [0, 0.05) is 30.7 Å². The third-order valence-electron chi connectivity index (χ3n) is 5.19. The second-order valence-corrected chi connectivity index (χ2v) is 7.71. The van der Waals surface area contributed by atoms with Crippen LogP contribution in [0.5, 0.6) is 11.5 Å². The Morgan fingerprint density at radius 2 is 1.80 bits per heavy atom. The number of methoxy groups -OCH3 is 2. The first-order chi connectivity index (χ1) is 14.5. The topological polar surface area (TPSA) is 55.7 Å². The molecule has 0 saturated heterocycles. The number of nitrogens with zero attached hydrogens (tertiary/aromatic N) is 2. The summed E-state index contributed by atoms with van der Waals surface area (Å²) in [6.45, 7) is 1.26. The van der Waals surface area contributed by atoms with Crippen LogP contribution in [0.1, 0.15) is 17.3 Å². The van der Waals surface area contributed by atoms with E-state index in [-0.39, 0.29) is 12.1 Å². The van der Waals surface area contributed by atoms with Crippen molar-refractivity contribution in [1.82, 2.24) is 9.47 Å². The highest BCUT2D eigenvalue weighted by molar-refractivity contribution is 6.42. The van der Waals surface area contributed by atoms with Crippen molar-refractivity contribution in [2.45, 2.75) is 12.6 Å². The summed E-state index contributed by atoms with van der Waals surface area (Å²) >= 11 is 12.1. The number of aromatic nitrogens is 1. The van der Waals surface area contributed by atoms with Crippen molar-refractivity contribution < 1.29 is 14.3 Å². The molecule has 0 aliphatic carbocycles. The summed E-state index contributed by atoms with van der Waals surface area (Å²) in [5, 5.41) is 3.76. The molecule has 3 aromatic rings. The number of halogens is 2. The molecule has 4 rings (SSSR count). The van der Waals surface area contributed by atoms with E-state index >= 15 is 0 Å². The highest BCUT2D eigenvalue weighted by Gasteiger charge is 2.33. The minimum absolute atomic E-state index is 0.222. The van der Waals surface area contributed by atoms with Crippen molar-refractivity contribution in [1.29, 1.82) is 0 Å². The Kier molecular flexibility index (Phi) is 5.79. The summed E-state index contributed by atoms with van der Waals surface area (Å²) in [7, 11) is 3.19. The Balaban J connectivity index is 1.69. The fourth-order valence-electron chi connectivity index (χ4n) is 3.74. The zero-order chi connectivity index (χ0) is 21.3. The number of hydrogen-bond donors (Lipinski definition) is 1. The van der Waals surface area contributed by atoms with Crippen LogP contribution in [0.2, 0.25) is 10.0 Å². The Labute approximate surface area is 184 Å². The van der Waals surface area contributed by atoms with Gasteiger partial charge in [0.2, 0.25) is 0 Å². The molecular weight excluding hydrogens is 425 g/mol. The van der Waals surface area contributed by atoms with Crippen LogP contribution in [-0.4, -0.2) is 36.3 Å². The zero-order valence-corrected chi connectivity index (χ0v) is 18.1. The summed E-state index contributed by atoms with van der Waals surface area (Å²) in [6.07, 6.45) is 2.03. The van der Waals surface area contributed by atoms with Crippen LogP contribution in [0.3, 0.4) is 0 Å². The number of carbonyl (C=O) groups is 1. The Morgan fingerprint density at radius 1 is 1.00 bits per heavy atom. The molecule has 156 valence electrons. The molecule has 0 fully saturated rings. The van der Waals surface area contributed by atoms with E-state index in [9.17, 15) is 4.79 Å². The molecule has 30 heavy (non-hydrogen) atoms. The standard InChI is InChI=1S/C22H21Cl2N3O3/c1-29-19-8-5-14(12-20(19)30-2)21-18-4-3-9-26(18)10-11-27(21)22(28)25-15-6-7-16(23)17(24)13-15/h3-9,12-13,21H,10-11H2,1-2H3,(H,25,28)/t21-/m0/s1. The molecule has 2 heterocycles. The molecule has 2 aromatic carbocycles. The van der Waals surface area contributed by atoms with Gasteiger partial charge in [-0.05, 0) is 48.0 Å². The number of ether oxygens (including phenoxy) is 2. The quantitative estimate of drug-likeness (QED) is 0.580. The number of fused-ring (bicyclic) bond motifs is 1. The lowest BCUT2D eigenvalue weighted by Crippen LogP contribution is -2.44. The van der Waals surface area contributed by atoms with Gasteiger partial charge in [0.15, 0.2) is 11.5 Å². The average Bonchev–Trinajstić information content (AvgIpc) is 3.24. The predicted molar refractivity (Wildman–Crippen MR) is 118 cm³/mol. The van der Waals surface area contributed by atoms with Crippen molar-refractivity contribution in [2.24, 2.45) is 0 Å². The minimum Gasteiger partial charge on any atom is -0.493 e. The highest BCUT2D eigenvalue weighted by atomic mass is 35.5. The van der Waals surface area contributed by atoms with Crippen LogP contribution in [-0.2, 0) is 6.54 Å². The van der Waals surface area contributed by atoms with E-state index in [0.717, 1.165) is 11.3 Å². The van der Waals surface area contributed by atoms with Gasteiger partial charge in [-0.2, -0.15) is 0 Å². The number of anilines is 1. The van der Waals surface area contributed by atoms with Gasteiger partial charge < -0.3 is 24.3 Å². The molecule has 1 aliphatic heterocycles. The van der Waals surface area contributed by atoms with E-state index in [1.807, 2.05) is 36.5 Å². The maximum atomic E-state index is 13.2. The summed E-state index contributed by atoms with van der Waals surface area (Å²) in [5.74, 6) is 1.25. The van der Waals surface area contributed by atoms with E-state index in [0.29, 0.717) is 40.3 Å². The van der Waals surface area contributed by atoms with E-state index in [4.69, 9.17) is 32.7 Å². The van der Waals surface area contributed by atoms with Gasteiger partial charge in [0.05, 0.1) is 30.3 Å². The molecule has 0 saturated carbocycles. The van der Waals surface area contributed by atoms with Crippen molar-refractivity contribution in [3.05, 3.63) is 76.0 Å². The fraction of sp³-hybridized carbons (Fsp3) is 0.227. The third-order valence-corrected chi connectivity index (χ3v) is 5.93. The number of nitrogens with one attached hydrogen (secondary N) is 1. The van der Waals surface area contributed by atoms with Gasteiger partial charge in [-0.1, -0.05) is 29.3 Å². The van der Waals surface area contributed by atoms with Gasteiger partial charge in [-0.3, -0.25) is 0 Å². The van der Waals surface area contributed by atoms with Gasteiger partial charge in [-0.25, -0.2) is 4.79 Å². The lowest BCUT2D eigenvalue weighted by Gasteiger charge is -2.37. The molecule has 1 atom stereocenters. The first kappa shape index (κ1) is 20.4. The van der Waals surface area contributed by atoms with Crippen molar-refractivity contribution in [3.63, 3.8) is 0 Å². The second-order valence-electron chi connectivity index (χ2n) is 6.90. The Morgan fingerprint density at radius 3 is 2.53 bits per heavy atom. The monoisotopic (exact) mass is 445 g/mol. The van der Waals surface area contributed by atoms with Crippen LogP contribution in [0.25, 0.3) is 0 Å². The molecule has 1 aromatic heterocycles. The SMILES string of the molecule is COc1ccc([C@H]2c3cccn3CCN2C(=O)Nc2ccc(Cl)c(Cl)c2)cc1OC. The number of urea groups is 1. The number of benzene rings is 2. The van der Waals surface area contributed by atoms with Gasteiger partial charge in [0.1, 0.15) is 0 Å². The molecule has 0 unspecified atom stereocenters. The average molecular weight is 446 g/mol. The molecule has 0 spiro atoms. The van der Waals surface area contributed by atoms with E-state index in [1.165, 1.54) is 0 Å². The number of hydrogen-bond acceptors (Lipinski definition) is 3. The molecule has 0 bridgehead atoms. The summed E-state index contributed by atoms with van der Waals surface area (Å²) in [4.78, 5) is 15.0. The van der Waals surface area contributed by atoms with Crippen molar-refractivity contribution in [3.8, 4) is 11.5 Å². The number of amides is 2. The van der Waals surface area contributed by atoms with Gasteiger partial charge in [-0.15, -0.1) is 0 Å². The molecule has 1 N–H and O–H groups in total. The second kappa shape index (κ2) is 8.50. The molecule has 6 nitrogen and oxygen atoms in total. The fourth-order valence-corrected chi connectivity index (χ4v) is 4.04. The van der Waals surface area contributed by atoms with Crippen LogP contribution >= 0.6 is 23.2 Å². The molecular formula is C22H21Cl2N3O3. The smallest absolute Gasteiger partial charge is 0.322 e. The Hall–Kier alpha value is -2.83. The lowest BCUT2D eigenvalue weighted by molar-refractivity contribution is 0.181. The van der Waals surface area contributed by atoms with Crippen LogP contribution < -0.4 is 14.8 Å². The van der Waals surface area contributed by atoms with Crippen LogP contribution in [0, 0.1) is 0 Å².